The molecular weight excluding hydrogens is 240 g/mol. The zero-order valence-corrected chi connectivity index (χ0v) is 11.6. The van der Waals surface area contributed by atoms with Crippen LogP contribution < -0.4 is 10.1 Å². The van der Waals surface area contributed by atoms with E-state index in [1.54, 1.807) is 13.2 Å². The molecule has 0 atom stereocenters. The minimum atomic E-state index is 0.333. The minimum Gasteiger partial charge on any atom is -0.481 e. The Labute approximate surface area is 113 Å². The number of hydrogen-bond acceptors (Lipinski definition) is 5. The maximum absolute atomic E-state index is 5.13. The van der Waals surface area contributed by atoms with Crippen LogP contribution in [0, 0.1) is 0 Å². The number of rotatable bonds is 4. The molecule has 19 heavy (non-hydrogen) atoms. The number of nitrogens with one attached hydrogen (secondary N) is 1. The third-order valence-corrected chi connectivity index (χ3v) is 2.76. The summed E-state index contributed by atoms with van der Waals surface area (Å²) in [5.41, 5.74) is 1.69. The van der Waals surface area contributed by atoms with Crippen LogP contribution in [0.4, 0.5) is 5.82 Å². The van der Waals surface area contributed by atoms with E-state index in [-0.39, 0.29) is 0 Å². The standard InChI is InChI=1S/C14H18N4O/c1-9(2)11-8-12(15-3)18-14(17-11)10-6-5-7-13(16-10)19-4/h5-9H,1-4H3,(H,15,17,18). The molecule has 2 aromatic heterocycles. The zero-order valence-electron chi connectivity index (χ0n) is 11.6. The second-order valence-corrected chi connectivity index (χ2v) is 4.47. The van der Waals surface area contributed by atoms with Crippen molar-refractivity contribution in [1.29, 1.82) is 0 Å². The summed E-state index contributed by atoms with van der Waals surface area (Å²) in [4.78, 5) is 13.4. The molecule has 0 aliphatic rings. The molecule has 0 spiro atoms. The molecule has 0 aliphatic heterocycles. The summed E-state index contributed by atoms with van der Waals surface area (Å²) in [6.45, 7) is 4.20. The number of nitrogens with zero attached hydrogens (tertiary/aromatic N) is 3. The van der Waals surface area contributed by atoms with Crippen molar-refractivity contribution < 1.29 is 4.74 Å². The van der Waals surface area contributed by atoms with Crippen LogP contribution in [0.5, 0.6) is 5.88 Å². The predicted molar refractivity (Wildman–Crippen MR) is 75.5 cm³/mol. The highest BCUT2D eigenvalue weighted by Crippen LogP contribution is 2.21. The fraction of sp³-hybridized carbons (Fsp3) is 0.357. The Morgan fingerprint density at radius 1 is 1.16 bits per heavy atom. The molecule has 0 bridgehead atoms. The monoisotopic (exact) mass is 258 g/mol. The van der Waals surface area contributed by atoms with Gasteiger partial charge < -0.3 is 10.1 Å². The average Bonchev–Trinajstić information content (AvgIpc) is 2.46. The van der Waals surface area contributed by atoms with Gasteiger partial charge in [0.1, 0.15) is 11.5 Å². The van der Waals surface area contributed by atoms with Crippen LogP contribution in [0.2, 0.25) is 0 Å². The molecule has 5 nitrogen and oxygen atoms in total. The normalized spacial score (nSPS) is 10.6. The van der Waals surface area contributed by atoms with E-state index in [9.17, 15) is 0 Å². The first kappa shape index (κ1) is 13.3. The molecule has 0 saturated heterocycles. The van der Waals surface area contributed by atoms with E-state index in [4.69, 9.17) is 4.74 Å². The highest BCUT2D eigenvalue weighted by atomic mass is 16.5. The molecule has 1 N–H and O–H groups in total. The molecule has 2 aromatic rings. The maximum Gasteiger partial charge on any atom is 0.213 e. The second kappa shape index (κ2) is 5.65. The first-order chi connectivity index (χ1) is 9.13. The topological polar surface area (TPSA) is 59.9 Å². The van der Waals surface area contributed by atoms with Gasteiger partial charge in [-0.05, 0) is 12.0 Å². The van der Waals surface area contributed by atoms with Gasteiger partial charge in [0.25, 0.3) is 0 Å². The lowest BCUT2D eigenvalue weighted by Gasteiger charge is -2.10. The number of ether oxygens (including phenoxy) is 1. The van der Waals surface area contributed by atoms with E-state index >= 15 is 0 Å². The number of aromatic nitrogens is 3. The van der Waals surface area contributed by atoms with Gasteiger partial charge >= 0.3 is 0 Å². The molecule has 5 heteroatoms. The first-order valence-corrected chi connectivity index (χ1v) is 6.22. The summed E-state index contributed by atoms with van der Waals surface area (Å²) in [7, 11) is 3.44. The lowest BCUT2D eigenvalue weighted by Crippen LogP contribution is -2.03. The van der Waals surface area contributed by atoms with Gasteiger partial charge in [0.2, 0.25) is 5.88 Å². The molecule has 0 radical (unpaired) electrons. The number of anilines is 1. The number of pyridine rings is 1. The van der Waals surface area contributed by atoms with Gasteiger partial charge in [0.05, 0.1) is 7.11 Å². The smallest absolute Gasteiger partial charge is 0.213 e. The van der Waals surface area contributed by atoms with Crippen LogP contribution in [0.25, 0.3) is 11.5 Å². The van der Waals surface area contributed by atoms with Crippen molar-refractivity contribution in [2.75, 3.05) is 19.5 Å². The van der Waals surface area contributed by atoms with E-state index in [2.05, 4.69) is 34.1 Å². The van der Waals surface area contributed by atoms with Crippen LogP contribution in [-0.2, 0) is 0 Å². The van der Waals surface area contributed by atoms with Crippen molar-refractivity contribution in [1.82, 2.24) is 15.0 Å². The van der Waals surface area contributed by atoms with Crippen LogP contribution in [0.1, 0.15) is 25.5 Å². The Balaban J connectivity index is 2.50. The van der Waals surface area contributed by atoms with E-state index in [0.29, 0.717) is 23.3 Å². The zero-order chi connectivity index (χ0) is 13.8. The van der Waals surface area contributed by atoms with Gasteiger partial charge in [0, 0.05) is 24.9 Å². The van der Waals surface area contributed by atoms with Crippen molar-refractivity contribution >= 4 is 5.82 Å². The minimum absolute atomic E-state index is 0.333. The van der Waals surface area contributed by atoms with Gasteiger partial charge in [-0.3, -0.25) is 0 Å². The SMILES string of the molecule is CNc1cc(C(C)C)nc(-c2cccc(OC)n2)n1. The summed E-state index contributed by atoms with van der Waals surface area (Å²) in [6, 6.07) is 7.51. The average molecular weight is 258 g/mol. The Kier molecular flexibility index (Phi) is 3.94. The molecule has 0 aromatic carbocycles. The summed E-state index contributed by atoms with van der Waals surface area (Å²) in [6.07, 6.45) is 0. The van der Waals surface area contributed by atoms with Crippen molar-refractivity contribution in [2.24, 2.45) is 0 Å². The molecule has 0 aliphatic carbocycles. The lowest BCUT2D eigenvalue weighted by atomic mass is 10.1. The van der Waals surface area contributed by atoms with Crippen molar-refractivity contribution in [3.8, 4) is 17.4 Å². The summed E-state index contributed by atoms with van der Waals surface area (Å²) < 4.78 is 5.13. The molecular formula is C14H18N4O. The number of hydrogen-bond donors (Lipinski definition) is 1. The quantitative estimate of drug-likeness (QED) is 0.913. The van der Waals surface area contributed by atoms with Gasteiger partial charge in [-0.25, -0.2) is 15.0 Å². The molecule has 0 saturated carbocycles. The van der Waals surface area contributed by atoms with E-state index < -0.39 is 0 Å². The Bertz CT molecular complexity index is 569. The fourth-order valence-corrected chi connectivity index (χ4v) is 1.66. The fourth-order valence-electron chi connectivity index (χ4n) is 1.66. The van der Waals surface area contributed by atoms with Crippen LogP contribution in [0.15, 0.2) is 24.3 Å². The van der Waals surface area contributed by atoms with Gasteiger partial charge in [-0.2, -0.15) is 0 Å². The van der Waals surface area contributed by atoms with E-state index in [0.717, 1.165) is 11.5 Å². The van der Waals surface area contributed by atoms with E-state index in [1.165, 1.54) is 0 Å². The van der Waals surface area contributed by atoms with Crippen molar-refractivity contribution in [2.45, 2.75) is 19.8 Å². The molecule has 0 unspecified atom stereocenters. The van der Waals surface area contributed by atoms with Crippen LogP contribution in [-0.4, -0.2) is 29.1 Å². The molecule has 0 amide bonds. The van der Waals surface area contributed by atoms with Gasteiger partial charge in [-0.15, -0.1) is 0 Å². The summed E-state index contributed by atoms with van der Waals surface area (Å²) in [5.74, 6) is 2.29. The summed E-state index contributed by atoms with van der Waals surface area (Å²) in [5, 5.41) is 3.05. The molecule has 2 heterocycles. The van der Waals surface area contributed by atoms with E-state index in [1.807, 2.05) is 25.2 Å². The van der Waals surface area contributed by atoms with Gasteiger partial charge in [0.15, 0.2) is 5.82 Å². The maximum atomic E-state index is 5.13. The largest absolute Gasteiger partial charge is 0.481 e. The van der Waals surface area contributed by atoms with Crippen LogP contribution in [0.3, 0.4) is 0 Å². The molecule has 2 rings (SSSR count). The summed E-state index contributed by atoms with van der Waals surface area (Å²) >= 11 is 0. The third-order valence-electron chi connectivity index (χ3n) is 2.76. The van der Waals surface area contributed by atoms with Crippen molar-refractivity contribution in [3.63, 3.8) is 0 Å². The molecule has 0 fully saturated rings. The lowest BCUT2D eigenvalue weighted by molar-refractivity contribution is 0.398. The highest BCUT2D eigenvalue weighted by Gasteiger charge is 2.10. The van der Waals surface area contributed by atoms with Gasteiger partial charge in [-0.1, -0.05) is 19.9 Å². The van der Waals surface area contributed by atoms with Crippen molar-refractivity contribution in [3.05, 3.63) is 30.0 Å². The second-order valence-electron chi connectivity index (χ2n) is 4.47. The predicted octanol–water partition coefficient (Wildman–Crippen LogP) is 2.71. The Hall–Kier alpha value is -2.17. The highest BCUT2D eigenvalue weighted by molar-refractivity contribution is 5.54. The Morgan fingerprint density at radius 3 is 2.58 bits per heavy atom. The third kappa shape index (κ3) is 2.99. The first-order valence-electron chi connectivity index (χ1n) is 6.22. The van der Waals surface area contributed by atoms with Crippen LogP contribution >= 0.6 is 0 Å². The number of methoxy groups -OCH3 is 1. The Morgan fingerprint density at radius 2 is 1.95 bits per heavy atom. The molecule has 100 valence electrons.